The topological polar surface area (TPSA) is 39.7 Å². The first kappa shape index (κ1) is 18.1. The number of methoxy groups -OCH3 is 2. The van der Waals surface area contributed by atoms with E-state index in [4.69, 9.17) is 25.8 Å². The summed E-state index contributed by atoms with van der Waals surface area (Å²) in [7, 11) is 3.30. The summed E-state index contributed by atoms with van der Waals surface area (Å²) in [4.78, 5) is 0. The molecule has 1 rings (SSSR count). The van der Waals surface area contributed by atoms with Crippen molar-refractivity contribution in [3.63, 3.8) is 0 Å². The molecule has 0 bridgehead atoms. The average molecular weight is 316 g/mol. The van der Waals surface area contributed by atoms with Gasteiger partial charge in [0.25, 0.3) is 0 Å². The molecule has 0 atom stereocenters. The molecule has 1 aromatic carbocycles. The highest BCUT2D eigenvalue weighted by atomic mass is 35.5. The minimum Gasteiger partial charge on any atom is -0.493 e. The summed E-state index contributed by atoms with van der Waals surface area (Å²) in [5, 5.41) is 3.96. The van der Waals surface area contributed by atoms with Gasteiger partial charge in [-0.3, -0.25) is 0 Å². The van der Waals surface area contributed by atoms with Crippen molar-refractivity contribution in [1.29, 1.82) is 0 Å². The fourth-order valence-corrected chi connectivity index (χ4v) is 2.19. The van der Waals surface area contributed by atoms with Crippen LogP contribution < -0.4 is 14.8 Å². The van der Waals surface area contributed by atoms with Crippen LogP contribution in [0.2, 0.25) is 5.02 Å². The summed E-state index contributed by atoms with van der Waals surface area (Å²) < 4.78 is 16.1. The van der Waals surface area contributed by atoms with Gasteiger partial charge in [-0.25, -0.2) is 0 Å². The molecule has 5 heteroatoms. The Balaban J connectivity index is 2.67. The highest BCUT2D eigenvalue weighted by molar-refractivity contribution is 6.32. The molecule has 0 aliphatic rings. The Morgan fingerprint density at radius 1 is 1.19 bits per heavy atom. The lowest BCUT2D eigenvalue weighted by Crippen LogP contribution is -2.19. The molecule has 0 amide bonds. The maximum absolute atomic E-state index is 6.30. The van der Waals surface area contributed by atoms with Crippen LogP contribution in [0.15, 0.2) is 12.1 Å². The smallest absolute Gasteiger partial charge is 0.179 e. The molecule has 0 saturated heterocycles. The number of hydrogen-bond donors (Lipinski definition) is 1. The van der Waals surface area contributed by atoms with Crippen LogP contribution >= 0.6 is 11.6 Å². The van der Waals surface area contributed by atoms with E-state index in [2.05, 4.69) is 19.2 Å². The van der Waals surface area contributed by atoms with Crippen molar-refractivity contribution in [2.24, 2.45) is 5.92 Å². The monoisotopic (exact) mass is 315 g/mol. The zero-order valence-electron chi connectivity index (χ0n) is 13.4. The Bertz CT molecular complexity index is 424. The summed E-state index contributed by atoms with van der Waals surface area (Å²) in [5.41, 5.74) is 1.08. The van der Waals surface area contributed by atoms with E-state index in [0.29, 0.717) is 35.7 Å². The fourth-order valence-electron chi connectivity index (χ4n) is 1.90. The minimum absolute atomic E-state index is 0.550. The van der Waals surface area contributed by atoms with E-state index in [0.717, 1.165) is 25.1 Å². The van der Waals surface area contributed by atoms with Crippen molar-refractivity contribution >= 4 is 11.6 Å². The van der Waals surface area contributed by atoms with Gasteiger partial charge in [0, 0.05) is 26.7 Å². The molecule has 0 aromatic heterocycles. The van der Waals surface area contributed by atoms with Crippen molar-refractivity contribution in [3.8, 4) is 11.5 Å². The first-order chi connectivity index (χ1) is 10.1. The van der Waals surface area contributed by atoms with E-state index in [1.54, 1.807) is 14.2 Å². The minimum atomic E-state index is 0.550. The van der Waals surface area contributed by atoms with Crippen LogP contribution in [0.1, 0.15) is 25.8 Å². The number of halogens is 1. The molecule has 0 radical (unpaired) electrons. The van der Waals surface area contributed by atoms with Crippen molar-refractivity contribution in [2.45, 2.75) is 26.8 Å². The van der Waals surface area contributed by atoms with E-state index in [9.17, 15) is 0 Å². The summed E-state index contributed by atoms with van der Waals surface area (Å²) >= 11 is 6.30. The fraction of sp³-hybridized carbons (Fsp3) is 0.625. The summed E-state index contributed by atoms with van der Waals surface area (Å²) in [6.07, 6.45) is 0.813. The molecule has 0 unspecified atom stereocenters. The summed E-state index contributed by atoms with van der Waals surface area (Å²) in [6.45, 7) is 7.30. The molecule has 1 aromatic rings. The SMILES string of the molecule is COCCCOc1c(Cl)cc(CNCC(C)C)cc1OC. The van der Waals surface area contributed by atoms with Crippen LogP contribution in [0.3, 0.4) is 0 Å². The number of benzene rings is 1. The first-order valence-electron chi connectivity index (χ1n) is 7.27. The number of ether oxygens (including phenoxy) is 3. The van der Waals surface area contributed by atoms with Crippen molar-refractivity contribution in [1.82, 2.24) is 5.32 Å². The van der Waals surface area contributed by atoms with Crippen LogP contribution in [0.4, 0.5) is 0 Å². The van der Waals surface area contributed by atoms with Crippen LogP contribution in [0, 0.1) is 5.92 Å². The lowest BCUT2D eigenvalue weighted by atomic mass is 10.1. The molecule has 0 aliphatic carbocycles. The molecule has 0 fully saturated rings. The number of hydrogen-bond acceptors (Lipinski definition) is 4. The van der Waals surface area contributed by atoms with Gasteiger partial charge in [0.2, 0.25) is 0 Å². The van der Waals surface area contributed by atoms with Gasteiger partial charge in [0.15, 0.2) is 11.5 Å². The number of nitrogens with one attached hydrogen (secondary N) is 1. The second kappa shape index (κ2) is 9.87. The maximum Gasteiger partial charge on any atom is 0.179 e. The van der Waals surface area contributed by atoms with Gasteiger partial charge in [0.1, 0.15) is 0 Å². The van der Waals surface area contributed by atoms with Crippen molar-refractivity contribution in [3.05, 3.63) is 22.7 Å². The van der Waals surface area contributed by atoms with E-state index < -0.39 is 0 Å². The zero-order chi connectivity index (χ0) is 15.7. The van der Waals surface area contributed by atoms with Gasteiger partial charge in [-0.05, 0) is 30.2 Å². The highest BCUT2D eigenvalue weighted by Gasteiger charge is 2.12. The second-order valence-electron chi connectivity index (χ2n) is 5.33. The second-order valence-corrected chi connectivity index (χ2v) is 5.74. The maximum atomic E-state index is 6.30. The molecule has 4 nitrogen and oxygen atoms in total. The predicted octanol–water partition coefficient (Wildman–Crippen LogP) is 3.51. The predicted molar refractivity (Wildman–Crippen MR) is 86.5 cm³/mol. The molecule has 1 N–H and O–H groups in total. The first-order valence-corrected chi connectivity index (χ1v) is 7.65. The van der Waals surface area contributed by atoms with Crippen LogP contribution in [0.5, 0.6) is 11.5 Å². The normalized spacial score (nSPS) is 11.0. The molecular formula is C16H26ClNO3. The third kappa shape index (κ3) is 6.55. The Kier molecular flexibility index (Phi) is 8.50. The molecule has 0 saturated carbocycles. The Morgan fingerprint density at radius 2 is 1.95 bits per heavy atom. The van der Waals surface area contributed by atoms with Gasteiger partial charge in [0.05, 0.1) is 18.7 Å². The van der Waals surface area contributed by atoms with E-state index in [1.807, 2.05) is 12.1 Å². The zero-order valence-corrected chi connectivity index (χ0v) is 14.1. The highest BCUT2D eigenvalue weighted by Crippen LogP contribution is 2.36. The molecule has 21 heavy (non-hydrogen) atoms. The van der Waals surface area contributed by atoms with E-state index in [-0.39, 0.29) is 0 Å². The number of rotatable bonds is 10. The van der Waals surface area contributed by atoms with Gasteiger partial charge in [-0.1, -0.05) is 25.4 Å². The molecule has 0 spiro atoms. The Morgan fingerprint density at radius 3 is 2.57 bits per heavy atom. The van der Waals surface area contributed by atoms with Crippen LogP contribution in [-0.2, 0) is 11.3 Å². The van der Waals surface area contributed by atoms with Gasteiger partial charge in [-0.15, -0.1) is 0 Å². The van der Waals surface area contributed by atoms with Gasteiger partial charge in [-0.2, -0.15) is 0 Å². The standard InChI is InChI=1S/C16H26ClNO3/c1-12(2)10-18-11-13-8-14(17)16(15(9-13)20-4)21-7-5-6-19-3/h8-9,12,18H,5-7,10-11H2,1-4H3. The summed E-state index contributed by atoms with van der Waals surface area (Å²) in [6, 6.07) is 3.88. The lowest BCUT2D eigenvalue weighted by Gasteiger charge is -2.15. The van der Waals surface area contributed by atoms with Crippen LogP contribution in [0.25, 0.3) is 0 Å². The van der Waals surface area contributed by atoms with E-state index in [1.165, 1.54) is 0 Å². The molecule has 0 aliphatic heterocycles. The van der Waals surface area contributed by atoms with Crippen molar-refractivity contribution in [2.75, 3.05) is 34.0 Å². The largest absolute Gasteiger partial charge is 0.493 e. The quantitative estimate of drug-likeness (QED) is 0.671. The third-order valence-electron chi connectivity index (χ3n) is 2.91. The molecular weight excluding hydrogens is 290 g/mol. The third-order valence-corrected chi connectivity index (χ3v) is 3.19. The average Bonchev–Trinajstić information content (AvgIpc) is 2.44. The molecule has 120 valence electrons. The Labute approximate surface area is 132 Å². The molecule has 0 heterocycles. The lowest BCUT2D eigenvalue weighted by molar-refractivity contribution is 0.170. The van der Waals surface area contributed by atoms with E-state index >= 15 is 0 Å². The van der Waals surface area contributed by atoms with Crippen molar-refractivity contribution < 1.29 is 14.2 Å². The van der Waals surface area contributed by atoms with Crippen LogP contribution in [-0.4, -0.2) is 34.0 Å². The Hall–Kier alpha value is -0.970. The van der Waals surface area contributed by atoms with Gasteiger partial charge < -0.3 is 19.5 Å². The van der Waals surface area contributed by atoms with Gasteiger partial charge >= 0.3 is 0 Å². The summed E-state index contributed by atoms with van der Waals surface area (Å²) in [5.74, 6) is 1.88.